The van der Waals surface area contributed by atoms with Gasteiger partial charge in [-0.05, 0) is 43.9 Å². The molecule has 0 saturated heterocycles. The highest BCUT2D eigenvalue weighted by molar-refractivity contribution is 7.99. The zero-order chi connectivity index (χ0) is 22.3. The molecule has 0 radical (unpaired) electrons. The highest BCUT2D eigenvalue weighted by Gasteiger charge is 2.44. The molecule has 5 heteroatoms. The van der Waals surface area contributed by atoms with Gasteiger partial charge in [0.2, 0.25) is 0 Å². The monoisotopic (exact) mass is 444 g/mol. The van der Waals surface area contributed by atoms with Gasteiger partial charge in [0.1, 0.15) is 5.75 Å². The number of benzene rings is 2. The van der Waals surface area contributed by atoms with E-state index < -0.39 is 0 Å². The first-order valence-electron chi connectivity index (χ1n) is 11.2. The maximum absolute atomic E-state index is 14.3. The molecule has 0 bridgehead atoms. The number of rotatable bonds is 5. The lowest BCUT2D eigenvalue weighted by atomic mass is 9.68. The van der Waals surface area contributed by atoms with Crippen LogP contribution in [0.15, 0.2) is 70.6 Å². The zero-order valence-corrected chi connectivity index (χ0v) is 19.5. The Labute approximate surface area is 193 Å². The van der Waals surface area contributed by atoms with Crippen LogP contribution in [-0.4, -0.2) is 22.4 Å². The molecule has 0 amide bonds. The summed E-state index contributed by atoms with van der Waals surface area (Å²) in [5, 5.41) is 0.704. The standard InChI is InChI=1S/C27H28N2O2S/c1-18(2)17-32-26-28-24-22-12-5-4-9-19(22)16-27(13-6-7-14-27)23(24)25(30)29(26)20-10-8-11-21(15-20)31-3/h4-5,8-12,15H,1,6-7,13-14,16-17H2,2-3H3. The van der Waals surface area contributed by atoms with Gasteiger partial charge < -0.3 is 4.74 Å². The normalized spacial score (nSPS) is 15.9. The van der Waals surface area contributed by atoms with E-state index in [1.807, 2.05) is 37.3 Å². The van der Waals surface area contributed by atoms with Crippen molar-refractivity contribution in [2.24, 2.45) is 0 Å². The molecule has 2 aromatic carbocycles. The van der Waals surface area contributed by atoms with E-state index in [0.717, 1.165) is 65.9 Å². The Morgan fingerprint density at radius 3 is 2.72 bits per heavy atom. The van der Waals surface area contributed by atoms with Crippen molar-refractivity contribution >= 4 is 11.8 Å². The number of nitrogens with zero attached hydrogens (tertiary/aromatic N) is 2. The van der Waals surface area contributed by atoms with E-state index in [4.69, 9.17) is 9.72 Å². The van der Waals surface area contributed by atoms with E-state index in [1.54, 1.807) is 23.4 Å². The first-order valence-corrected chi connectivity index (χ1v) is 12.2. The summed E-state index contributed by atoms with van der Waals surface area (Å²) in [5.74, 6) is 1.44. The highest BCUT2D eigenvalue weighted by Crippen LogP contribution is 2.50. The van der Waals surface area contributed by atoms with Crippen molar-refractivity contribution in [1.82, 2.24) is 9.55 Å². The largest absolute Gasteiger partial charge is 0.497 e. The summed E-state index contributed by atoms with van der Waals surface area (Å²) in [4.78, 5) is 19.5. The van der Waals surface area contributed by atoms with E-state index in [9.17, 15) is 4.79 Å². The summed E-state index contributed by atoms with van der Waals surface area (Å²) in [6.45, 7) is 6.05. The Bertz CT molecular complexity index is 1250. The predicted molar refractivity (Wildman–Crippen MR) is 131 cm³/mol. The van der Waals surface area contributed by atoms with Gasteiger partial charge in [0.15, 0.2) is 5.16 Å². The van der Waals surface area contributed by atoms with Crippen LogP contribution in [0.2, 0.25) is 0 Å². The van der Waals surface area contributed by atoms with Crippen molar-refractivity contribution < 1.29 is 4.74 Å². The average molecular weight is 445 g/mol. The summed E-state index contributed by atoms with van der Waals surface area (Å²) in [6, 6.07) is 16.2. The van der Waals surface area contributed by atoms with Gasteiger partial charge in [-0.25, -0.2) is 4.98 Å². The van der Waals surface area contributed by atoms with Crippen molar-refractivity contribution in [2.75, 3.05) is 12.9 Å². The second-order valence-electron chi connectivity index (χ2n) is 9.03. The molecule has 164 valence electrons. The Hall–Kier alpha value is -2.79. The zero-order valence-electron chi connectivity index (χ0n) is 18.7. The number of ether oxygens (including phenoxy) is 1. The molecule has 3 aromatic rings. The minimum atomic E-state index is -0.119. The van der Waals surface area contributed by atoms with E-state index in [2.05, 4.69) is 24.8 Å². The number of hydrogen-bond donors (Lipinski definition) is 0. The van der Waals surface area contributed by atoms with Gasteiger partial charge in [0.25, 0.3) is 5.56 Å². The summed E-state index contributed by atoms with van der Waals surface area (Å²) in [5.41, 5.74) is 5.97. The first-order chi connectivity index (χ1) is 15.5. The molecule has 5 rings (SSSR count). The van der Waals surface area contributed by atoms with E-state index >= 15 is 0 Å². The Balaban J connectivity index is 1.81. The average Bonchev–Trinajstić information content (AvgIpc) is 3.25. The number of fused-ring (bicyclic) bond motifs is 4. The third-order valence-corrected chi connectivity index (χ3v) is 7.87. The smallest absolute Gasteiger partial charge is 0.263 e. The van der Waals surface area contributed by atoms with Crippen LogP contribution in [0.4, 0.5) is 0 Å². The molecule has 1 aromatic heterocycles. The lowest BCUT2D eigenvalue weighted by molar-refractivity contribution is 0.413. The molecule has 0 atom stereocenters. The van der Waals surface area contributed by atoms with Crippen molar-refractivity contribution in [3.05, 3.63) is 82.2 Å². The van der Waals surface area contributed by atoms with Crippen LogP contribution >= 0.6 is 11.8 Å². The van der Waals surface area contributed by atoms with Crippen LogP contribution in [0.3, 0.4) is 0 Å². The molecule has 1 fully saturated rings. The van der Waals surface area contributed by atoms with Crippen LogP contribution in [0.25, 0.3) is 16.9 Å². The van der Waals surface area contributed by atoms with Crippen LogP contribution in [0, 0.1) is 0 Å². The highest BCUT2D eigenvalue weighted by atomic mass is 32.2. The Kier molecular flexibility index (Phi) is 5.46. The third kappa shape index (κ3) is 3.49. The lowest BCUT2D eigenvalue weighted by Crippen LogP contribution is -2.40. The molecule has 1 heterocycles. The maximum atomic E-state index is 14.3. The SMILES string of the molecule is C=C(C)CSc1nc2c(c(=O)n1-c1cccc(OC)c1)C1(CCCC1)Cc1ccccc1-2. The summed E-state index contributed by atoms with van der Waals surface area (Å²) >= 11 is 1.57. The Morgan fingerprint density at radius 1 is 1.19 bits per heavy atom. The molecular weight excluding hydrogens is 416 g/mol. The second-order valence-corrected chi connectivity index (χ2v) is 9.97. The Morgan fingerprint density at radius 2 is 1.97 bits per heavy atom. The third-order valence-electron chi connectivity index (χ3n) is 6.70. The molecule has 0 aliphatic heterocycles. The van der Waals surface area contributed by atoms with Crippen molar-refractivity contribution in [1.29, 1.82) is 0 Å². The summed E-state index contributed by atoms with van der Waals surface area (Å²) in [7, 11) is 1.65. The number of hydrogen-bond acceptors (Lipinski definition) is 4. The predicted octanol–water partition coefficient (Wildman–Crippen LogP) is 5.94. The van der Waals surface area contributed by atoms with Gasteiger partial charge in [-0.1, -0.05) is 67.1 Å². The van der Waals surface area contributed by atoms with Gasteiger partial charge >= 0.3 is 0 Å². The molecule has 4 nitrogen and oxygen atoms in total. The summed E-state index contributed by atoms with van der Waals surface area (Å²) < 4.78 is 7.24. The van der Waals surface area contributed by atoms with Gasteiger partial charge in [-0.3, -0.25) is 9.36 Å². The minimum absolute atomic E-state index is 0.0591. The van der Waals surface area contributed by atoms with Crippen molar-refractivity contribution in [3.63, 3.8) is 0 Å². The fourth-order valence-electron chi connectivity index (χ4n) is 5.27. The van der Waals surface area contributed by atoms with Crippen LogP contribution < -0.4 is 10.3 Å². The van der Waals surface area contributed by atoms with Crippen molar-refractivity contribution in [2.45, 2.75) is 49.6 Å². The van der Waals surface area contributed by atoms with Crippen LogP contribution in [-0.2, 0) is 11.8 Å². The van der Waals surface area contributed by atoms with Gasteiger partial charge in [-0.2, -0.15) is 0 Å². The van der Waals surface area contributed by atoms with Gasteiger partial charge in [-0.15, -0.1) is 0 Å². The van der Waals surface area contributed by atoms with E-state index in [-0.39, 0.29) is 11.0 Å². The molecule has 1 spiro atoms. The van der Waals surface area contributed by atoms with Gasteiger partial charge in [0, 0.05) is 22.8 Å². The second kappa shape index (κ2) is 8.28. The van der Waals surface area contributed by atoms with E-state index in [1.165, 1.54) is 5.56 Å². The number of thioether (sulfide) groups is 1. The first kappa shape index (κ1) is 21.1. The van der Waals surface area contributed by atoms with Crippen LogP contribution in [0.5, 0.6) is 5.75 Å². The van der Waals surface area contributed by atoms with Crippen molar-refractivity contribution in [3.8, 4) is 22.7 Å². The molecule has 2 aliphatic rings. The molecule has 2 aliphatic carbocycles. The molecule has 1 saturated carbocycles. The molecule has 0 unspecified atom stereocenters. The lowest BCUT2D eigenvalue weighted by Gasteiger charge is -2.36. The topological polar surface area (TPSA) is 44.1 Å². The van der Waals surface area contributed by atoms with Crippen LogP contribution in [0.1, 0.15) is 43.7 Å². The van der Waals surface area contributed by atoms with Gasteiger partial charge in [0.05, 0.1) is 24.1 Å². The fraction of sp³-hybridized carbons (Fsp3) is 0.333. The molecular formula is C27H28N2O2S. The maximum Gasteiger partial charge on any atom is 0.263 e. The number of methoxy groups -OCH3 is 1. The minimum Gasteiger partial charge on any atom is -0.497 e. The van der Waals surface area contributed by atoms with E-state index in [0.29, 0.717) is 10.9 Å². The summed E-state index contributed by atoms with van der Waals surface area (Å²) in [6.07, 6.45) is 5.32. The molecule has 0 N–H and O–H groups in total. The fourth-order valence-corrected chi connectivity index (χ4v) is 6.12. The number of aromatic nitrogens is 2. The quantitative estimate of drug-likeness (QED) is 0.277. The molecule has 32 heavy (non-hydrogen) atoms.